The third kappa shape index (κ3) is 2.85. The lowest BCUT2D eigenvalue weighted by Crippen LogP contribution is -2.22. The second kappa shape index (κ2) is 5.83. The van der Waals surface area contributed by atoms with Crippen LogP contribution in [0.15, 0.2) is 35.3 Å². The molecular formula is C13H10ClFN2O3. The quantitative estimate of drug-likeness (QED) is 0.815. The molecule has 0 saturated heterocycles. The van der Waals surface area contributed by atoms with Crippen LogP contribution in [0.25, 0.3) is 5.69 Å². The van der Waals surface area contributed by atoms with Crippen LogP contribution >= 0.6 is 11.6 Å². The summed E-state index contributed by atoms with van der Waals surface area (Å²) in [7, 11) is 0. The average molecular weight is 297 g/mol. The Labute approximate surface area is 118 Å². The van der Waals surface area contributed by atoms with E-state index >= 15 is 0 Å². The van der Waals surface area contributed by atoms with Crippen molar-refractivity contribution in [2.45, 2.75) is 6.92 Å². The van der Waals surface area contributed by atoms with E-state index in [9.17, 15) is 14.0 Å². The van der Waals surface area contributed by atoms with Crippen LogP contribution in [0.4, 0.5) is 4.39 Å². The van der Waals surface area contributed by atoms with Crippen LogP contribution in [0.2, 0.25) is 5.02 Å². The van der Waals surface area contributed by atoms with Gasteiger partial charge < -0.3 is 4.74 Å². The molecule has 0 unspecified atom stereocenters. The molecule has 20 heavy (non-hydrogen) atoms. The molecule has 7 heteroatoms. The second-order valence-electron chi connectivity index (χ2n) is 3.79. The molecule has 2 aromatic rings. The molecule has 5 nitrogen and oxygen atoms in total. The van der Waals surface area contributed by atoms with Crippen LogP contribution in [0, 0.1) is 5.82 Å². The summed E-state index contributed by atoms with van der Waals surface area (Å²) in [5, 5.41) is 4.03. The zero-order chi connectivity index (χ0) is 14.7. The van der Waals surface area contributed by atoms with Gasteiger partial charge in [-0.25, -0.2) is 13.9 Å². The van der Waals surface area contributed by atoms with Crippen molar-refractivity contribution >= 4 is 17.6 Å². The lowest BCUT2D eigenvalue weighted by molar-refractivity contribution is 0.0515. The summed E-state index contributed by atoms with van der Waals surface area (Å²) in [6, 6.07) is 5.10. The highest BCUT2D eigenvalue weighted by atomic mass is 35.5. The first-order valence-corrected chi connectivity index (χ1v) is 6.13. The maximum atomic E-state index is 13.8. The van der Waals surface area contributed by atoms with E-state index in [4.69, 9.17) is 16.3 Å². The van der Waals surface area contributed by atoms with Gasteiger partial charge >= 0.3 is 5.97 Å². The minimum atomic E-state index is -0.846. The van der Waals surface area contributed by atoms with Crippen LogP contribution in [-0.2, 0) is 4.74 Å². The monoisotopic (exact) mass is 296 g/mol. The maximum absolute atomic E-state index is 13.8. The van der Waals surface area contributed by atoms with Gasteiger partial charge in [-0.3, -0.25) is 4.79 Å². The van der Waals surface area contributed by atoms with Gasteiger partial charge in [-0.2, -0.15) is 5.10 Å². The van der Waals surface area contributed by atoms with E-state index in [0.717, 1.165) is 16.8 Å². The summed E-state index contributed by atoms with van der Waals surface area (Å²) >= 11 is 5.66. The van der Waals surface area contributed by atoms with E-state index in [-0.39, 0.29) is 17.3 Å². The van der Waals surface area contributed by atoms with Crippen LogP contribution in [-0.4, -0.2) is 22.4 Å². The zero-order valence-electron chi connectivity index (χ0n) is 10.5. The van der Waals surface area contributed by atoms with Crippen molar-refractivity contribution in [1.29, 1.82) is 0 Å². The number of aromatic nitrogens is 2. The van der Waals surface area contributed by atoms with Crippen LogP contribution in [0.1, 0.15) is 17.4 Å². The largest absolute Gasteiger partial charge is 0.461 e. The highest BCUT2D eigenvalue weighted by molar-refractivity contribution is 6.30. The average Bonchev–Trinajstić information content (AvgIpc) is 2.40. The molecule has 0 aliphatic rings. The van der Waals surface area contributed by atoms with Gasteiger partial charge in [-0.05, 0) is 25.1 Å². The third-order valence-electron chi connectivity index (χ3n) is 2.43. The van der Waals surface area contributed by atoms with E-state index in [2.05, 4.69) is 5.10 Å². The first-order chi connectivity index (χ1) is 9.52. The van der Waals surface area contributed by atoms with Gasteiger partial charge in [0, 0.05) is 17.3 Å². The fourth-order valence-electron chi connectivity index (χ4n) is 1.55. The topological polar surface area (TPSA) is 61.2 Å². The number of nitrogens with zero attached hydrogens (tertiary/aromatic N) is 2. The smallest absolute Gasteiger partial charge is 0.362 e. The van der Waals surface area contributed by atoms with E-state index in [1.807, 2.05) is 0 Å². The van der Waals surface area contributed by atoms with Crippen molar-refractivity contribution in [3.63, 3.8) is 0 Å². The van der Waals surface area contributed by atoms with E-state index in [1.165, 1.54) is 18.3 Å². The van der Waals surface area contributed by atoms with Gasteiger partial charge in [-0.1, -0.05) is 11.6 Å². The van der Waals surface area contributed by atoms with Crippen molar-refractivity contribution in [2.24, 2.45) is 0 Å². The van der Waals surface area contributed by atoms with Crippen molar-refractivity contribution in [3.8, 4) is 5.69 Å². The minimum absolute atomic E-state index is 0.0694. The van der Waals surface area contributed by atoms with Gasteiger partial charge in [0.05, 0.1) is 6.61 Å². The Kier molecular flexibility index (Phi) is 4.14. The Morgan fingerprint density at radius 3 is 2.85 bits per heavy atom. The van der Waals surface area contributed by atoms with E-state index in [0.29, 0.717) is 0 Å². The number of esters is 1. The van der Waals surface area contributed by atoms with Crippen LogP contribution in [0.5, 0.6) is 0 Å². The molecule has 0 atom stereocenters. The number of ether oxygens (including phenoxy) is 1. The maximum Gasteiger partial charge on any atom is 0.362 e. The van der Waals surface area contributed by atoms with Crippen LogP contribution in [0.3, 0.4) is 0 Å². The predicted molar refractivity (Wildman–Crippen MR) is 70.8 cm³/mol. The molecule has 0 amide bonds. The molecule has 1 aromatic heterocycles. The summed E-state index contributed by atoms with van der Waals surface area (Å²) in [6.07, 6.45) is 1.26. The van der Waals surface area contributed by atoms with Gasteiger partial charge in [0.2, 0.25) is 11.1 Å². The van der Waals surface area contributed by atoms with Crippen molar-refractivity contribution < 1.29 is 13.9 Å². The summed E-state index contributed by atoms with van der Waals surface area (Å²) in [5.41, 5.74) is -0.919. The fourth-order valence-corrected chi connectivity index (χ4v) is 1.71. The minimum Gasteiger partial charge on any atom is -0.461 e. The number of hydrogen-bond acceptors (Lipinski definition) is 4. The highest BCUT2D eigenvalue weighted by Gasteiger charge is 2.15. The molecule has 0 saturated carbocycles. The Balaban J connectivity index is 2.51. The molecule has 0 bridgehead atoms. The number of carbonyl (C=O) groups is 1. The molecule has 0 aliphatic carbocycles. The van der Waals surface area contributed by atoms with Crippen molar-refractivity contribution in [1.82, 2.24) is 9.78 Å². The lowest BCUT2D eigenvalue weighted by atomic mass is 10.3. The van der Waals surface area contributed by atoms with Crippen LogP contribution < -0.4 is 5.43 Å². The third-order valence-corrected chi connectivity index (χ3v) is 2.67. The first-order valence-electron chi connectivity index (χ1n) is 5.75. The second-order valence-corrected chi connectivity index (χ2v) is 4.23. The molecular weight excluding hydrogens is 287 g/mol. The van der Waals surface area contributed by atoms with Gasteiger partial charge in [0.25, 0.3) is 0 Å². The molecule has 104 valence electrons. The van der Waals surface area contributed by atoms with E-state index < -0.39 is 22.9 Å². The van der Waals surface area contributed by atoms with Crippen molar-refractivity contribution in [2.75, 3.05) is 6.61 Å². The highest BCUT2D eigenvalue weighted by Crippen LogP contribution is 2.17. The number of rotatable bonds is 3. The number of carbonyl (C=O) groups excluding carboxylic acids is 1. The summed E-state index contributed by atoms with van der Waals surface area (Å²) in [6.45, 7) is 1.72. The molecule has 0 fully saturated rings. The normalized spacial score (nSPS) is 10.3. The Hall–Kier alpha value is -2.21. The Morgan fingerprint density at radius 2 is 2.20 bits per heavy atom. The number of hydrogen-bond donors (Lipinski definition) is 0. The van der Waals surface area contributed by atoms with Gasteiger partial charge in [0.15, 0.2) is 0 Å². The Bertz CT molecular complexity index is 715. The first kappa shape index (κ1) is 14.2. The van der Waals surface area contributed by atoms with E-state index in [1.54, 1.807) is 6.92 Å². The number of halogens is 2. The summed E-state index contributed by atoms with van der Waals surface area (Å²) in [5.74, 6) is -1.47. The molecule has 0 aliphatic heterocycles. The summed E-state index contributed by atoms with van der Waals surface area (Å²) < 4.78 is 19.6. The molecule has 1 aromatic carbocycles. The Morgan fingerprint density at radius 1 is 1.45 bits per heavy atom. The molecule has 2 rings (SSSR count). The fraction of sp³-hybridized carbons (Fsp3) is 0.154. The van der Waals surface area contributed by atoms with Crippen molar-refractivity contribution in [3.05, 3.63) is 57.2 Å². The SMILES string of the molecule is CCOC(=O)c1nn(-c2ccc(Cl)cc2F)ccc1=O. The van der Waals surface area contributed by atoms with Gasteiger partial charge in [0.1, 0.15) is 11.5 Å². The predicted octanol–water partition coefficient (Wildman–Crippen LogP) is 2.20. The number of benzene rings is 1. The standard InChI is InChI=1S/C13H10ClFN2O3/c1-2-20-13(19)12-11(18)5-6-17(16-12)10-4-3-8(14)7-9(10)15/h3-7H,2H2,1H3. The van der Waals surface area contributed by atoms with Gasteiger partial charge in [-0.15, -0.1) is 0 Å². The molecule has 1 heterocycles. The lowest BCUT2D eigenvalue weighted by Gasteiger charge is -2.08. The molecule has 0 N–H and O–H groups in total. The zero-order valence-corrected chi connectivity index (χ0v) is 11.2. The summed E-state index contributed by atoms with van der Waals surface area (Å²) in [4.78, 5) is 23.1. The molecule has 0 radical (unpaired) electrons. The molecule has 0 spiro atoms.